The van der Waals surface area contributed by atoms with Crippen LogP contribution >= 0.6 is 0 Å². The smallest absolute Gasteiger partial charge is 0.238 e. The number of amides is 1. The molecule has 2 N–H and O–H groups in total. The van der Waals surface area contributed by atoms with Crippen LogP contribution in [0.25, 0.3) is 11.2 Å². The van der Waals surface area contributed by atoms with Crippen molar-refractivity contribution in [3.8, 4) is 11.5 Å². The van der Waals surface area contributed by atoms with E-state index in [1.165, 1.54) is 26.4 Å². The number of aromatic nitrogens is 3. The van der Waals surface area contributed by atoms with E-state index < -0.39 is 15.6 Å². The maximum absolute atomic E-state index is 13.6. The molecule has 0 atom stereocenters. The van der Waals surface area contributed by atoms with Gasteiger partial charge in [0.05, 0.1) is 25.7 Å². The van der Waals surface area contributed by atoms with E-state index in [2.05, 4.69) is 25.6 Å². The third kappa shape index (κ3) is 8.12. The third-order valence-electron chi connectivity index (χ3n) is 6.27. The summed E-state index contributed by atoms with van der Waals surface area (Å²) in [5.41, 5.74) is 1.95. The summed E-state index contributed by atoms with van der Waals surface area (Å²) in [6.07, 6.45) is 1.57. The van der Waals surface area contributed by atoms with Crippen LogP contribution in [0.1, 0.15) is 5.69 Å². The summed E-state index contributed by atoms with van der Waals surface area (Å²) < 4.78 is 38.0. The van der Waals surface area contributed by atoms with Crippen molar-refractivity contribution < 1.29 is 22.7 Å². The molecule has 2 aromatic carbocycles. The van der Waals surface area contributed by atoms with E-state index >= 15 is 0 Å². The van der Waals surface area contributed by atoms with Crippen molar-refractivity contribution in [2.45, 2.75) is 10.6 Å². The van der Waals surface area contributed by atoms with Crippen LogP contribution in [0.3, 0.4) is 0 Å². The highest BCUT2D eigenvalue weighted by atomic mass is 32.2. The second kappa shape index (κ2) is 13.6. The summed E-state index contributed by atoms with van der Waals surface area (Å²) in [6.45, 7) is 1.71. The topological polar surface area (TPSA) is 139 Å². The zero-order valence-corrected chi connectivity index (χ0v) is 25.1. The molecule has 4 rings (SSSR count). The Bertz CT molecular complexity index is 1640. The summed E-state index contributed by atoms with van der Waals surface area (Å²) >= 11 is 0. The van der Waals surface area contributed by atoms with E-state index in [9.17, 15) is 13.2 Å². The fraction of sp³-hybridized carbons (Fsp3) is 0.310. The number of pyridine rings is 1. The number of hydrogen-bond donors (Lipinski definition) is 2. The zero-order valence-electron chi connectivity index (χ0n) is 24.3. The minimum Gasteiger partial charge on any atom is -0.497 e. The number of nitrogens with zero attached hydrogens (tertiary/aromatic N) is 5. The van der Waals surface area contributed by atoms with Gasteiger partial charge in [-0.2, -0.15) is 0 Å². The van der Waals surface area contributed by atoms with E-state index in [0.29, 0.717) is 34.0 Å². The zero-order chi connectivity index (χ0) is 30.3. The van der Waals surface area contributed by atoms with Gasteiger partial charge in [0.2, 0.25) is 5.91 Å². The van der Waals surface area contributed by atoms with Crippen molar-refractivity contribution >= 4 is 44.1 Å². The molecule has 0 unspecified atom stereocenters. The fourth-order valence-electron chi connectivity index (χ4n) is 4.07. The minimum atomic E-state index is -3.91. The molecule has 0 bridgehead atoms. The molecule has 0 radical (unpaired) electrons. The average molecular weight is 594 g/mol. The molecule has 4 aromatic rings. The number of ether oxygens (including phenoxy) is 2. The molecule has 12 nitrogen and oxygen atoms in total. The second-order valence-electron chi connectivity index (χ2n) is 9.97. The van der Waals surface area contributed by atoms with Crippen molar-refractivity contribution in [3.05, 3.63) is 66.5 Å². The third-order valence-corrected chi connectivity index (χ3v) is 7.90. The van der Waals surface area contributed by atoms with Crippen molar-refractivity contribution in [2.75, 3.05) is 65.6 Å². The number of rotatable bonds is 13. The molecule has 0 fully saturated rings. The van der Waals surface area contributed by atoms with Crippen LogP contribution in [0, 0.1) is 0 Å². The molecule has 0 saturated heterocycles. The number of carbonyl (C=O) groups excluding carboxylic acids is 1. The average Bonchev–Trinajstić information content (AvgIpc) is 2.96. The van der Waals surface area contributed by atoms with Crippen molar-refractivity contribution in [2.24, 2.45) is 0 Å². The lowest BCUT2D eigenvalue weighted by molar-refractivity contribution is -0.117. The molecule has 0 aliphatic heterocycles. The quantitative estimate of drug-likeness (QED) is 0.236. The number of fused-ring (bicyclic) bond motifs is 1. The molecular weight excluding hydrogens is 558 g/mol. The monoisotopic (exact) mass is 593 g/mol. The molecule has 1 amide bonds. The predicted octanol–water partition coefficient (Wildman–Crippen LogP) is 3.19. The van der Waals surface area contributed by atoms with Gasteiger partial charge in [-0.3, -0.25) is 9.69 Å². The first-order valence-corrected chi connectivity index (χ1v) is 14.8. The normalized spacial score (nSPS) is 11.6. The first-order chi connectivity index (χ1) is 20.1. The Morgan fingerprint density at radius 1 is 0.905 bits per heavy atom. The number of anilines is 3. The molecule has 42 heavy (non-hydrogen) atoms. The van der Waals surface area contributed by atoms with Crippen LogP contribution in [0.5, 0.6) is 11.5 Å². The van der Waals surface area contributed by atoms with Crippen LogP contribution in [-0.2, 0) is 20.4 Å². The highest BCUT2D eigenvalue weighted by Crippen LogP contribution is 2.30. The Hall–Kier alpha value is -4.33. The number of benzene rings is 2. The van der Waals surface area contributed by atoms with Gasteiger partial charge in [0, 0.05) is 48.9 Å². The van der Waals surface area contributed by atoms with Crippen molar-refractivity contribution in [3.63, 3.8) is 0 Å². The maximum Gasteiger partial charge on any atom is 0.238 e. The first kappa shape index (κ1) is 30.6. The van der Waals surface area contributed by atoms with Gasteiger partial charge >= 0.3 is 0 Å². The lowest BCUT2D eigenvalue weighted by atomic mass is 10.2. The highest BCUT2D eigenvalue weighted by Gasteiger charge is 2.22. The lowest BCUT2D eigenvalue weighted by Gasteiger charge is -2.19. The number of sulfone groups is 1. The van der Waals surface area contributed by atoms with E-state index in [0.717, 1.165) is 13.1 Å². The molecule has 0 saturated carbocycles. The van der Waals surface area contributed by atoms with E-state index in [4.69, 9.17) is 9.47 Å². The number of methoxy groups -OCH3 is 2. The summed E-state index contributed by atoms with van der Waals surface area (Å²) in [4.78, 5) is 30.0. The van der Waals surface area contributed by atoms with Gasteiger partial charge in [-0.05, 0) is 51.5 Å². The Kier molecular flexibility index (Phi) is 9.88. The highest BCUT2D eigenvalue weighted by molar-refractivity contribution is 7.90. The van der Waals surface area contributed by atoms with Gasteiger partial charge < -0.3 is 25.0 Å². The Morgan fingerprint density at radius 2 is 1.64 bits per heavy atom. The van der Waals surface area contributed by atoms with E-state index in [-0.39, 0.29) is 28.9 Å². The van der Waals surface area contributed by atoms with E-state index in [1.807, 2.05) is 30.9 Å². The van der Waals surface area contributed by atoms with E-state index in [1.54, 1.807) is 48.7 Å². The van der Waals surface area contributed by atoms with Gasteiger partial charge in [0.1, 0.15) is 28.5 Å². The summed E-state index contributed by atoms with van der Waals surface area (Å²) in [5, 5.41) is 5.96. The second-order valence-corrected chi connectivity index (χ2v) is 12.0. The minimum absolute atomic E-state index is 0.0400. The van der Waals surface area contributed by atoms with Gasteiger partial charge in [-0.1, -0.05) is 6.07 Å². The standard InChI is InChI=1S/C29H35N7O5S/c1-35(2)12-13-36(3)18-27(37)31-20-8-6-9-24(16-20)42(38,39)19-26-29(33-25-10-7-11-30-28(25)34-26)32-21-14-22(40-4)17-23(15-21)41-5/h6-11,14-17H,12-13,18-19H2,1-5H3,(H,31,37)(H,32,33). The van der Waals surface area contributed by atoms with Gasteiger partial charge in [0.15, 0.2) is 21.3 Å². The van der Waals surface area contributed by atoms with Gasteiger partial charge in [0.25, 0.3) is 0 Å². The molecule has 2 aromatic heterocycles. The lowest BCUT2D eigenvalue weighted by Crippen LogP contribution is -2.34. The summed E-state index contributed by atoms with van der Waals surface area (Å²) in [6, 6.07) is 14.8. The number of likely N-dealkylation sites (N-methyl/N-ethyl adjacent to an activating group) is 2. The SMILES string of the molecule is COc1cc(Nc2nc3cccnc3nc2CS(=O)(=O)c2cccc(NC(=O)CN(C)CCN(C)C)c2)cc(OC)c1. The Morgan fingerprint density at radius 3 is 2.33 bits per heavy atom. The molecule has 0 aliphatic rings. The summed E-state index contributed by atoms with van der Waals surface area (Å²) in [5.74, 6) is 0.645. The number of hydrogen-bond acceptors (Lipinski definition) is 11. The predicted molar refractivity (Wildman–Crippen MR) is 162 cm³/mol. The van der Waals surface area contributed by atoms with Crippen LogP contribution in [-0.4, -0.2) is 94.1 Å². The van der Waals surface area contributed by atoms with Gasteiger partial charge in [-0.15, -0.1) is 0 Å². The van der Waals surface area contributed by atoms with Crippen LogP contribution in [0.2, 0.25) is 0 Å². The number of nitrogens with one attached hydrogen (secondary N) is 2. The Balaban J connectivity index is 1.59. The summed E-state index contributed by atoms with van der Waals surface area (Å²) in [7, 11) is 4.96. The molecule has 0 aliphatic carbocycles. The van der Waals surface area contributed by atoms with Crippen LogP contribution < -0.4 is 20.1 Å². The molecule has 13 heteroatoms. The maximum atomic E-state index is 13.6. The molecule has 222 valence electrons. The molecule has 0 spiro atoms. The fourth-order valence-corrected chi connectivity index (χ4v) is 5.39. The largest absolute Gasteiger partial charge is 0.497 e. The Labute approximate surface area is 245 Å². The van der Waals surface area contributed by atoms with Crippen LogP contribution in [0.15, 0.2) is 65.7 Å². The first-order valence-electron chi connectivity index (χ1n) is 13.1. The van der Waals surface area contributed by atoms with Crippen LogP contribution in [0.4, 0.5) is 17.2 Å². The van der Waals surface area contributed by atoms with Crippen molar-refractivity contribution in [1.29, 1.82) is 0 Å². The number of carbonyl (C=O) groups is 1. The van der Waals surface area contributed by atoms with Crippen molar-refractivity contribution in [1.82, 2.24) is 24.8 Å². The molecule has 2 heterocycles. The molecular formula is C29H35N7O5S. The van der Waals surface area contributed by atoms with Gasteiger partial charge in [-0.25, -0.2) is 23.4 Å².